The van der Waals surface area contributed by atoms with Gasteiger partial charge in [0.05, 0.1) is 12.5 Å². The molecule has 9 nitrogen and oxygen atoms in total. The van der Waals surface area contributed by atoms with Crippen LogP contribution in [0.2, 0.25) is 0 Å². The molecule has 0 N–H and O–H groups in total. The molecular weight excluding hydrogens is 496 g/mol. The van der Waals surface area contributed by atoms with Crippen LogP contribution in [-0.2, 0) is 26.1 Å². The fraction of sp³-hybridized carbons (Fsp3) is 0.480. The van der Waals surface area contributed by atoms with Crippen LogP contribution in [0.4, 0.5) is 11.8 Å². The van der Waals surface area contributed by atoms with Gasteiger partial charge in [0.1, 0.15) is 22.4 Å². The van der Waals surface area contributed by atoms with Gasteiger partial charge in [-0.25, -0.2) is 15.0 Å². The first-order chi connectivity index (χ1) is 17.6. The second kappa shape index (κ2) is 11.5. The quantitative estimate of drug-likeness (QED) is 0.259. The summed E-state index contributed by atoms with van der Waals surface area (Å²) in [6.45, 7) is 4.93. The van der Waals surface area contributed by atoms with Gasteiger partial charge in [0.15, 0.2) is 5.82 Å². The summed E-state index contributed by atoms with van der Waals surface area (Å²) in [5.41, 5.74) is 2.67. The minimum absolute atomic E-state index is 0.0847. The summed E-state index contributed by atoms with van der Waals surface area (Å²) in [5, 5.41) is 0.816. The summed E-state index contributed by atoms with van der Waals surface area (Å²) in [4.78, 5) is 35.6. The molecule has 0 aliphatic carbocycles. The van der Waals surface area contributed by atoms with Gasteiger partial charge in [0.25, 0.3) is 0 Å². The number of carbonyl (C=O) groups is 1. The molecule has 4 heterocycles. The lowest BCUT2D eigenvalue weighted by Crippen LogP contribution is -2.40. The van der Waals surface area contributed by atoms with E-state index in [2.05, 4.69) is 31.9 Å². The van der Waals surface area contributed by atoms with Gasteiger partial charge in [-0.1, -0.05) is 42.1 Å². The molecule has 2 saturated heterocycles. The fourth-order valence-electron chi connectivity index (χ4n) is 4.52. The number of anilines is 2. The smallest absolute Gasteiger partial charge is 0.309 e. The minimum Gasteiger partial charge on any atom is -0.466 e. The Balaban J connectivity index is 1.46. The fourth-order valence-corrected chi connectivity index (χ4v) is 6.47. The van der Waals surface area contributed by atoms with E-state index in [0.717, 1.165) is 27.6 Å². The molecule has 2 aliphatic heterocycles. The highest BCUT2D eigenvalue weighted by molar-refractivity contribution is 7.98. The topological polar surface area (TPSA) is 101 Å². The minimum atomic E-state index is -0.793. The zero-order chi connectivity index (χ0) is 24.9. The summed E-state index contributed by atoms with van der Waals surface area (Å²) in [6, 6.07) is 10.3. The third kappa shape index (κ3) is 5.62. The molecule has 0 radical (unpaired) electrons. The first-order valence-electron chi connectivity index (χ1n) is 12.3. The average Bonchev–Trinajstić information content (AvgIpc) is 2.92. The molecule has 5 rings (SSSR count). The van der Waals surface area contributed by atoms with Crippen molar-refractivity contribution < 1.29 is 13.7 Å². The van der Waals surface area contributed by atoms with Gasteiger partial charge in [-0.2, -0.15) is 4.98 Å². The van der Waals surface area contributed by atoms with E-state index < -0.39 is 10.8 Å². The summed E-state index contributed by atoms with van der Waals surface area (Å²) in [6.07, 6.45) is 2.99. The van der Waals surface area contributed by atoms with Crippen LogP contribution in [0.5, 0.6) is 0 Å². The van der Waals surface area contributed by atoms with E-state index >= 15 is 0 Å². The third-order valence-electron chi connectivity index (χ3n) is 6.51. The molecule has 0 spiro atoms. The van der Waals surface area contributed by atoms with Crippen molar-refractivity contribution in [3.63, 3.8) is 0 Å². The van der Waals surface area contributed by atoms with Crippen LogP contribution >= 0.6 is 11.8 Å². The highest BCUT2D eigenvalue weighted by Gasteiger charge is 2.29. The number of fused-ring (bicyclic) bond motifs is 1. The average molecular weight is 527 g/mol. The Morgan fingerprint density at radius 1 is 1.03 bits per heavy atom. The summed E-state index contributed by atoms with van der Waals surface area (Å²) >= 11 is 1.64. The molecule has 0 amide bonds. The standard InChI is InChI=1S/C25H30N6O3S2/c1-2-34-24(32)19-8-10-31(11-9-19)25-28-21-20(22(29-25)30-12-14-36(33)15-13-30)26-17-27-23(21)35-16-18-6-4-3-5-7-18/h3-7,17,19H,2,8-16H2,1H3. The Bertz CT molecular complexity index is 1230. The maximum atomic E-state index is 12.2. The number of nitrogens with zero attached hydrogens (tertiary/aromatic N) is 6. The van der Waals surface area contributed by atoms with Crippen LogP contribution in [0.1, 0.15) is 25.3 Å². The number of carbonyl (C=O) groups excluding carboxylic acids is 1. The van der Waals surface area contributed by atoms with Crippen molar-refractivity contribution >= 4 is 51.3 Å². The molecule has 3 aromatic rings. The molecule has 0 saturated carbocycles. The molecule has 0 atom stereocenters. The number of esters is 1. The van der Waals surface area contributed by atoms with Crippen LogP contribution in [0.25, 0.3) is 11.0 Å². The van der Waals surface area contributed by atoms with E-state index in [-0.39, 0.29) is 11.9 Å². The Labute approximate surface area is 217 Å². The van der Waals surface area contributed by atoms with Crippen LogP contribution in [-0.4, -0.2) is 74.4 Å². The van der Waals surface area contributed by atoms with Crippen LogP contribution < -0.4 is 9.80 Å². The van der Waals surface area contributed by atoms with Crippen molar-refractivity contribution in [3.8, 4) is 0 Å². The Morgan fingerprint density at radius 3 is 2.50 bits per heavy atom. The van der Waals surface area contributed by atoms with Gasteiger partial charge in [-0.15, -0.1) is 0 Å². The second-order valence-corrected chi connectivity index (χ2v) is 11.5. The monoisotopic (exact) mass is 526 g/mol. The molecule has 1 aromatic carbocycles. The third-order valence-corrected chi connectivity index (χ3v) is 8.84. The number of hydrogen-bond donors (Lipinski definition) is 0. The SMILES string of the molecule is CCOC(=O)C1CCN(c2nc(N3CCS(=O)CC3)c3ncnc(SCc4ccccc4)c3n2)CC1. The van der Waals surface area contributed by atoms with E-state index in [1.165, 1.54) is 5.56 Å². The van der Waals surface area contributed by atoms with Crippen LogP contribution in [0.15, 0.2) is 41.7 Å². The highest BCUT2D eigenvalue weighted by atomic mass is 32.2. The van der Waals surface area contributed by atoms with E-state index in [1.807, 2.05) is 25.1 Å². The Hall–Kier alpha value is -2.79. The van der Waals surface area contributed by atoms with Gasteiger partial charge in [0, 0.05) is 54.2 Å². The largest absolute Gasteiger partial charge is 0.466 e. The summed E-state index contributed by atoms with van der Waals surface area (Å²) in [5.74, 6) is 3.20. The molecule has 0 bridgehead atoms. The molecule has 2 aliphatic rings. The second-order valence-electron chi connectivity index (χ2n) is 8.85. The number of hydrogen-bond acceptors (Lipinski definition) is 10. The van der Waals surface area contributed by atoms with Crippen molar-refractivity contribution in [1.29, 1.82) is 0 Å². The molecule has 36 heavy (non-hydrogen) atoms. The molecule has 2 aromatic heterocycles. The van der Waals surface area contributed by atoms with Crippen molar-refractivity contribution in [2.75, 3.05) is 54.1 Å². The first kappa shape index (κ1) is 24.9. The van der Waals surface area contributed by atoms with Crippen LogP contribution in [0.3, 0.4) is 0 Å². The zero-order valence-corrected chi connectivity index (χ0v) is 22.0. The Kier molecular flexibility index (Phi) is 7.96. The lowest BCUT2D eigenvalue weighted by molar-refractivity contribution is -0.148. The molecule has 2 fully saturated rings. The number of benzene rings is 1. The summed E-state index contributed by atoms with van der Waals surface area (Å²) in [7, 11) is -0.793. The van der Waals surface area contributed by atoms with Gasteiger partial charge < -0.3 is 14.5 Å². The lowest BCUT2D eigenvalue weighted by atomic mass is 9.97. The van der Waals surface area contributed by atoms with Crippen molar-refractivity contribution in [2.45, 2.75) is 30.5 Å². The molecule has 0 unspecified atom stereocenters. The van der Waals surface area contributed by atoms with Gasteiger partial charge >= 0.3 is 5.97 Å². The van der Waals surface area contributed by atoms with E-state index in [1.54, 1.807) is 18.1 Å². The van der Waals surface area contributed by atoms with E-state index in [4.69, 9.17) is 14.7 Å². The summed E-state index contributed by atoms with van der Waals surface area (Å²) < 4.78 is 17.2. The van der Waals surface area contributed by atoms with Crippen LogP contribution in [0, 0.1) is 5.92 Å². The number of ether oxygens (including phenoxy) is 1. The van der Waals surface area contributed by atoms with Gasteiger partial charge in [-0.05, 0) is 25.3 Å². The predicted molar refractivity (Wildman–Crippen MR) is 143 cm³/mol. The van der Waals surface area contributed by atoms with Gasteiger partial charge in [-0.3, -0.25) is 9.00 Å². The van der Waals surface area contributed by atoms with E-state index in [0.29, 0.717) is 63.1 Å². The predicted octanol–water partition coefficient (Wildman–Crippen LogP) is 3.06. The van der Waals surface area contributed by atoms with Gasteiger partial charge in [0.2, 0.25) is 5.95 Å². The number of aromatic nitrogens is 4. The van der Waals surface area contributed by atoms with E-state index in [9.17, 15) is 9.00 Å². The zero-order valence-electron chi connectivity index (χ0n) is 20.3. The first-order valence-corrected chi connectivity index (χ1v) is 14.8. The number of rotatable bonds is 7. The molecular formula is C25H30N6O3S2. The maximum Gasteiger partial charge on any atom is 0.309 e. The van der Waals surface area contributed by atoms with Crippen molar-refractivity contribution in [3.05, 3.63) is 42.2 Å². The number of piperidine rings is 1. The normalized spacial score (nSPS) is 17.5. The highest BCUT2D eigenvalue weighted by Crippen LogP contribution is 2.33. The Morgan fingerprint density at radius 2 is 1.78 bits per heavy atom. The van der Waals surface area contributed by atoms with Crippen molar-refractivity contribution in [1.82, 2.24) is 19.9 Å². The molecule has 190 valence electrons. The lowest BCUT2D eigenvalue weighted by Gasteiger charge is -2.33. The molecule has 11 heteroatoms. The van der Waals surface area contributed by atoms with Crippen molar-refractivity contribution in [2.24, 2.45) is 5.92 Å². The number of thioether (sulfide) groups is 1. The maximum absolute atomic E-state index is 12.2.